The number of hydrogen-bond acceptors (Lipinski definition) is 6. The summed E-state index contributed by atoms with van der Waals surface area (Å²) in [6, 6.07) is 18.1. The monoisotopic (exact) mass is 596 g/mol. The zero-order valence-electron chi connectivity index (χ0n) is 21.5. The Hall–Kier alpha value is -3.72. The quantitative estimate of drug-likeness (QED) is 0.252. The number of halogens is 3. The fourth-order valence-corrected chi connectivity index (χ4v) is 6.17. The van der Waals surface area contributed by atoms with Crippen LogP contribution in [0, 0.1) is 5.82 Å². The summed E-state index contributed by atoms with van der Waals surface area (Å²) in [6.07, 6.45) is 2.15. The summed E-state index contributed by atoms with van der Waals surface area (Å²) in [7, 11) is 1.31. The number of rotatable bonds is 7. The zero-order chi connectivity index (χ0) is 28.4. The Bertz CT molecular complexity index is 1790. The van der Waals surface area contributed by atoms with E-state index in [2.05, 4.69) is 4.99 Å². The van der Waals surface area contributed by atoms with Crippen LogP contribution in [0.4, 0.5) is 4.39 Å². The van der Waals surface area contributed by atoms with Gasteiger partial charge in [0.25, 0.3) is 5.56 Å². The van der Waals surface area contributed by atoms with Crippen LogP contribution in [0.25, 0.3) is 6.08 Å². The number of benzene rings is 3. The summed E-state index contributed by atoms with van der Waals surface area (Å²) < 4.78 is 26.7. The molecular weight excluding hydrogens is 574 g/mol. The fraction of sp³-hybridized carbons (Fsp3) is 0.167. The van der Waals surface area contributed by atoms with Crippen LogP contribution in [-0.2, 0) is 16.1 Å². The minimum atomic E-state index is -0.691. The van der Waals surface area contributed by atoms with Gasteiger partial charge < -0.3 is 9.47 Å². The average Bonchev–Trinajstić information content (AvgIpc) is 3.26. The second-order valence-corrected chi connectivity index (χ2v) is 10.7. The maximum absolute atomic E-state index is 14.0. The standard InChI is InChI=1S/C30H23Cl2FN2O4S/c1-3-23-25(29(37)38-2)26(18-9-5-4-6-10-18)35-28(36)24(40-30(35)34-23)15-17-13-20(31)27(21(32)14-17)39-16-19-11-7-8-12-22(19)33/h4-15,26H,3,16H2,1-2H3/b24-15-/t26-/m0/s1. The van der Waals surface area contributed by atoms with E-state index >= 15 is 0 Å². The van der Waals surface area contributed by atoms with Crippen molar-refractivity contribution in [2.75, 3.05) is 7.11 Å². The molecule has 5 rings (SSSR count). The van der Waals surface area contributed by atoms with Gasteiger partial charge in [-0.2, -0.15) is 0 Å². The first-order valence-corrected chi connectivity index (χ1v) is 13.9. The lowest BCUT2D eigenvalue weighted by Gasteiger charge is -2.25. The van der Waals surface area contributed by atoms with E-state index in [1.807, 2.05) is 37.3 Å². The van der Waals surface area contributed by atoms with E-state index in [9.17, 15) is 14.0 Å². The molecule has 0 aliphatic carbocycles. The van der Waals surface area contributed by atoms with Crippen molar-refractivity contribution in [2.24, 2.45) is 4.99 Å². The third-order valence-corrected chi connectivity index (χ3v) is 7.96. The van der Waals surface area contributed by atoms with Gasteiger partial charge in [-0.3, -0.25) is 9.36 Å². The molecule has 1 aromatic heterocycles. The van der Waals surface area contributed by atoms with Gasteiger partial charge in [-0.25, -0.2) is 14.2 Å². The van der Waals surface area contributed by atoms with Crippen molar-refractivity contribution in [2.45, 2.75) is 26.0 Å². The highest BCUT2D eigenvalue weighted by Gasteiger charge is 2.33. The van der Waals surface area contributed by atoms with E-state index in [0.29, 0.717) is 38.2 Å². The molecule has 0 N–H and O–H groups in total. The normalized spacial score (nSPS) is 15.0. The Kier molecular flexibility index (Phi) is 8.21. The summed E-state index contributed by atoms with van der Waals surface area (Å²) >= 11 is 14.2. The minimum Gasteiger partial charge on any atom is -0.486 e. The molecule has 10 heteroatoms. The van der Waals surface area contributed by atoms with Crippen LogP contribution >= 0.6 is 34.5 Å². The summed E-state index contributed by atoms with van der Waals surface area (Å²) in [6.45, 7) is 1.85. The van der Waals surface area contributed by atoms with Crippen LogP contribution in [0.15, 0.2) is 87.8 Å². The molecule has 0 amide bonds. The Balaban J connectivity index is 1.57. The zero-order valence-corrected chi connectivity index (χ0v) is 23.8. The summed E-state index contributed by atoms with van der Waals surface area (Å²) in [5, 5.41) is 0.428. The minimum absolute atomic E-state index is 0.0498. The second-order valence-electron chi connectivity index (χ2n) is 8.89. The highest BCUT2D eigenvalue weighted by atomic mass is 35.5. The van der Waals surface area contributed by atoms with E-state index in [0.717, 1.165) is 5.56 Å². The number of carbonyl (C=O) groups excluding carboxylic acids is 1. The number of nitrogens with zero attached hydrogens (tertiary/aromatic N) is 2. The van der Waals surface area contributed by atoms with Crippen LogP contribution in [0.1, 0.15) is 36.1 Å². The molecule has 0 radical (unpaired) electrons. The lowest BCUT2D eigenvalue weighted by Crippen LogP contribution is -2.40. The van der Waals surface area contributed by atoms with Gasteiger partial charge in [0.1, 0.15) is 12.4 Å². The number of ether oxygens (including phenoxy) is 2. The number of esters is 1. The largest absolute Gasteiger partial charge is 0.486 e. The van der Waals surface area contributed by atoms with Crippen molar-refractivity contribution in [1.82, 2.24) is 4.57 Å². The second kappa shape index (κ2) is 11.8. The number of methoxy groups -OCH3 is 1. The molecule has 1 aliphatic heterocycles. The lowest BCUT2D eigenvalue weighted by molar-refractivity contribution is -0.136. The van der Waals surface area contributed by atoms with Crippen LogP contribution < -0.4 is 19.6 Å². The molecule has 204 valence electrons. The molecule has 0 spiro atoms. The average molecular weight is 597 g/mol. The molecule has 3 aromatic carbocycles. The molecule has 0 unspecified atom stereocenters. The van der Waals surface area contributed by atoms with E-state index < -0.39 is 17.8 Å². The Morgan fingerprint density at radius 3 is 2.42 bits per heavy atom. The maximum Gasteiger partial charge on any atom is 0.338 e. The van der Waals surface area contributed by atoms with E-state index in [1.54, 1.807) is 36.4 Å². The van der Waals surface area contributed by atoms with Crippen LogP contribution in [0.3, 0.4) is 0 Å². The van der Waals surface area contributed by atoms with Crippen molar-refractivity contribution in [3.8, 4) is 5.75 Å². The number of thiazole rings is 1. The van der Waals surface area contributed by atoms with Crippen LogP contribution in [0.2, 0.25) is 10.0 Å². The Labute approximate surface area is 243 Å². The number of fused-ring (bicyclic) bond motifs is 1. The van der Waals surface area contributed by atoms with Gasteiger partial charge in [0.05, 0.1) is 39.0 Å². The predicted molar refractivity (Wildman–Crippen MR) is 154 cm³/mol. The topological polar surface area (TPSA) is 69.9 Å². The first-order valence-electron chi connectivity index (χ1n) is 12.4. The van der Waals surface area contributed by atoms with Gasteiger partial charge in [0.15, 0.2) is 10.6 Å². The Morgan fingerprint density at radius 2 is 1.77 bits per heavy atom. The van der Waals surface area contributed by atoms with E-state index in [1.165, 1.54) is 29.1 Å². The highest BCUT2D eigenvalue weighted by molar-refractivity contribution is 7.07. The summed E-state index contributed by atoms with van der Waals surface area (Å²) in [5.74, 6) is -0.713. The van der Waals surface area contributed by atoms with Gasteiger partial charge in [-0.1, -0.05) is 90.0 Å². The molecule has 4 aromatic rings. The van der Waals surface area contributed by atoms with Crippen molar-refractivity contribution < 1.29 is 18.7 Å². The Morgan fingerprint density at radius 1 is 1.10 bits per heavy atom. The van der Waals surface area contributed by atoms with Gasteiger partial charge in [0, 0.05) is 5.56 Å². The van der Waals surface area contributed by atoms with Crippen molar-refractivity contribution >= 4 is 46.6 Å². The molecule has 0 bridgehead atoms. The molecule has 0 saturated heterocycles. The van der Waals surface area contributed by atoms with Gasteiger partial charge in [0.2, 0.25) is 0 Å². The van der Waals surface area contributed by atoms with Crippen molar-refractivity contribution in [3.05, 3.63) is 130 Å². The first kappa shape index (κ1) is 27.8. The summed E-state index contributed by atoms with van der Waals surface area (Å²) in [5.41, 5.74) is 2.27. The molecule has 2 heterocycles. The predicted octanol–water partition coefficient (Wildman–Crippen LogP) is 5.82. The van der Waals surface area contributed by atoms with Crippen molar-refractivity contribution in [3.63, 3.8) is 0 Å². The highest BCUT2D eigenvalue weighted by Crippen LogP contribution is 2.35. The van der Waals surface area contributed by atoms with Gasteiger partial charge in [-0.15, -0.1) is 0 Å². The lowest BCUT2D eigenvalue weighted by atomic mass is 9.95. The maximum atomic E-state index is 14.0. The summed E-state index contributed by atoms with van der Waals surface area (Å²) in [4.78, 5) is 31.8. The molecule has 40 heavy (non-hydrogen) atoms. The van der Waals surface area contributed by atoms with Crippen molar-refractivity contribution in [1.29, 1.82) is 0 Å². The number of carbonyl (C=O) groups is 1. The molecule has 1 aliphatic rings. The molecular formula is C30H23Cl2FN2O4S. The van der Waals surface area contributed by atoms with E-state index in [-0.39, 0.29) is 28.0 Å². The molecule has 0 saturated carbocycles. The van der Waals surface area contributed by atoms with Crippen LogP contribution in [-0.4, -0.2) is 17.6 Å². The molecule has 1 atom stereocenters. The first-order chi connectivity index (χ1) is 19.3. The SMILES string of the molecule is CCC1=C(C(=O)OC)[C@H](c2ccccc2)n2c(s/c(=C\c3cc(Cl)c(OCc4ccccc4F)c(Cl)c3)c2=O)=N1. The van der Waals surface area contributed by atoms with Crippen LogP contribution in [0.5, 0.6) is 5.75 Å². The fourth-order valence-electron chi connectivity index (χ4n) is 4.53. The number of aromatic nitrogens is 1. The van der Waals surface area contributed by atoms with E-state index in [4.69, 9.17) is 32.7 Å². The molecule has 6 nitrogen and oxygen atoms in total. The third kappa shape index (κ3) is 5.35. The number of allylic oxidation sites excluding steroid dienone is 1. The van der Waals surface area contributed by atoms with Gasteiger partial charge in [-0.05, 0) is 41.8 Å². The van der Waals surface area contributed by atoms with Gasteiger partial charge >= 0.3 is 5.97 Å². The number of hydrogen-bond donors (Lipinski definition) is 0. The smallest absolute Gasteiger partial charge is 0.338 e. The third-order valence-electron chi connectivity index (χ3n) is 6.41. The molecule has 0 fully saturated rings.